The van der Waals surface area contributed by atoms with Crippen LogP contribution in [0.4, 0.5) is 0 Å². The zero-order valence-electron chi connectivity index (χ0n) is 17.8. The van der Waals surface area contributed by atoms with Gasteiger partial charge in [0.25, 0.3) is 0 Å². The van der Waals surface area contributed by atoms with Crippen LogP contribution in [0.25, 0.3) is 32.6 Å². The molecule has 0 aliphatic heterocycles. The number of aromatic nitrogens is 2. The molecule has 0 saturated heterocycles. The molecule has 0 fully saturated rings. The van der Waals surface area contributed by atoms with Gasteiger partial charge in [-0.05, 0) is 0 Å². The quantitative estimate of drug-likeness (QED) is 0.192. The first-order chi connectivity index (χ1) is 13.6. The molecule has 1 heterocycles. The van der Waals surface area contributed by atoms with E-state index in [4.69, 9.17) is 7.96 Å². The molecule has 0 N–H and O–H groups in total. The second-order valence-corrected chi connectivity index (χ2v) is 20.1. The molecule has 0 unspecified atom stereocenters. The second-order valence-electron chi connectivity index (χ2n) is 9.46. The Labute approximate surface area is 181 Å². The Balaban J connectivity index is 2.19. The molecule has 0 radical (unpaired) electrons. The average Bonchev–Trinajstić information content (AvgIpc) is 3.10. The molecule has 4 rings (SSSR count). The van der Waals surface area contributed by atoms with Gasteiger partial charge in [0.05, 0.1) is 0 Å². The number of benzene rings is 3. The summed E-state index contributed by atoms with van der Waals surface area (Å²) >= 11 is -0.121. The van der Waals surface area contributed by atoms with Gasteiger partial charge in [-0.1, -0.05) is 0 Å². The molecule has 0 bridgehead atoms. The fourth-order valence-electron chi connectivity index (χ4n) is 3.18. The van der Waals surface area contributed by atoms with Crippen molar-refractivity contribution in [3.63, 3.8) is 0 Å². The first kappa shape index (κ1) is 20.1. The van der Waals surface area contributed by atoms with E-state index in [-0.39, 0.29) is 15.0 Å². The van der Waals surface area contributed by atoms with Crippen molar-refractivity contribution in [3.05, 3.63) is 47.5 Å². The molecule has 0 atom stereocenters. The summed E-state index contributed by atoms with van der Waals surface area (Å²) in [5, 5.41) is 4.76. The maximum atomic E-state index is 4.79. The third-order valence-corrected chi connectivity index (χ3v) is 7.37. The number of fused-ring (bicyclic) bond motifs is 3. The monoisotopic (exact) mass is 476 g/mol. The topological polar surface area (TPSA) is 25.8 Å². The molecule has 5 heteroatoms. The summed E-state index contributed by atoms with van der Waals surface area (Å²) in [7, 11) is -3.04. The summed E-state index contributed by atoms with van der Waals surface area (Å²) in [6.45, 7) is 13.6. The van der Waals surface area contributed by atoms with Crippen LogP contribution in [-0.2, 0) is 0 Å². The first-order valence-electron chi connectivity index (χ1n) is 9.79. The predicted octanol–water partition coefficient (Wildman–Crippen LogP) is 5.45. The van der Waals surface area contributed by atoms with Crippen molar-refractivity contribution in [1.29, 1.82) is 0 Å². The Kier molecular flexibility index (Phi) is 5.05. The van der Waals surface area contributed by atoms with Gasteiger partial charge >= 0.3 is 181 Å². The van der Waals surface area contributed by atoms with Gasteiger partial charge in [-0.15, -0.1) is 0 Å². The Morgan fingerprint density at radius 2 is 1.10 bits per heavy atom. The third-order valence-electron chi connectivity index (χ3n) is 4.51. The van der Waals surface area contributed by atoms with E-state index in [1.165, 1.54) is 10.8 Å². The van der Waals surface area contributed by atoms with Crippen LogP contribution in [0.2, 0.25) is 39.3 Å². The van der Waals surface area contributed by atoms with E-state index in [9.17, 15) is 0 Å². The fraction of sp³-hybridized carbons (Fsp3) is 0.250. The minimum absolute atomic E-state index is 0.121. The van der Waals surface area contributed by atoms with E-state index in [1.54, 1.807) is 0 Å². The molecular weight excluding hydrogens is 451 g/mol. The summed E-state index contributed by atoms with van der Waals surface area (Å²) in [6.07, 6.45) is 0. The van der Waals surface area contributed by atoms with E-state index in [0.717, 1.165) is 32.9 Å². The minimum atomic E-state index is -1.52. The number of hydrogen-bond acceptors (Lipinski definition) is 2. The molecule has 0 amide bonds. The van der Waals surface area contributed by atoms with Gasteiger partial charge in [0.2, 0.25) is 0 Å². The summed E-state index contributed by atoms with van der Waals surface area (Å²) in [4.78, 5) is 0. The van der Waals surface area contributed by atoms with Crippen molar-refractivity contribution in [2.75, 3.05) is 0 Å². The third kappa shape index (κ3) is 4.25. The first-order valence-corrected chi connectivity index (χ1v) is 18.3. The van der Waals surface area contributed by atoms with E-state index >= 15 is 0 Å². The summed E-state index contributed by atoms with van der Waals surface area (Å²) in [5.74, 6) is 7.04. The molecule has 144 valence electrons. The van der Waals surface area contributed by atoms with Gasteiger partial charge in [-0.3, -0.25) is 0 Å². The SMILES string of the molecule is C[Si](C)(C)C#Cc1c2cc3ccccc3cc2c(C#C[Si](C)(C)C)c2n[se]nc12. The molecule has 3 aromatic carbocycles. The molecule has 0 saturated carbocycles. The van der Waals surface area contributed by atoms with Crippen molar-refractivity contribution in [1.82, 2.24) is 7.96 Å². The van der Waals surface area contributed by atoms with Crippen LogP contribution in [0, 0.1) is 22.9 Å². The van der Waals surface area contributed by atoms with Crippen molar-refractivity contribution < 1.29 is 0 Å². The van der Waals surface area contributed by atoms with Crippen molar-refractivity contribution in [2.45, 2.75) is 39.3 Å². The Bertz CT molecular complexity index is 1280. The predicted molar refractivity (Wildman–Crippen MR) is 132 cm³/mol. The van der Waals surface area contributed by atoms with Gasteiger partial charge in [0.15, 0.2) is 0 Å². The van der Waals surface area contributed by atoms with Crippen LogP contribution >= 0.6 is 0 Å². The second kappa shape index (κ2) is 7.27. The van der Waals surface area contributed by atoms with E-state index in [2.05, 4.69) is 98.6 Å². The molecule has 0 aliphatic rings. The van der Waals surface area contributed by atoms with Crippen LogP contribution in [0.3, 0.4) is 0 Å². The average molecular weight is 476 g/mol. The Hall–Kier alpha value is -2.15. The van der Waals surface area contributed by atoms with Crippen molar-refractivity contribution in [3.8, 4) is 22.9 Å². The molecule has 0 spiro atoms. The molecule has 1 aromatic heterocycles. The Morgan fingerprint density at radius 3 is 1.48 bits per heavy atom. The molecular formula is C24H24N2SeSi2. The fourth-order valence-corrected chi connectivity index (χ4v) is 5.35. The maximum absolute atomic E-state index is 4.79. The van der Waals surface area contributed by atoms with Gasteiger partial charge < -0.3 is 0 Å². The van der Waals surface area contributed by atoms with Gasteiger partial charge in [-0.2, -0.15) is 0 Å². The molecule has 0 aliphatic carbocycles. The van der Waals surface area contributed by atoms with Crippen molar-refractivity contribution in [2.24, 2.45) is 0 Å². The van der Waals surface area contributed by atoms with Crippen LogP contribution in [0.15, 0.2) is 36.4 Å². The Morgan fingerprint density at radius 1 is 0.690 bits per heavy atom. The van der Waals surface area contributed by atoms with Gasteiger partial charge in [0, 0.05) is 0 Å². The normalized spacial score (nSPS) is 11.9. The van der Waals surface area contributed by atoms with Crippen LogP contribution < -0.4 is 0 Å². The zero-order chi connectivity index (χ0) is 20.8. The number of nitrogens with zero attached hydrogens (tertiary/aromatic N) is 2. The summed E-state index contributed by atoms with van der Waals surface area (Å²) in [5.41, 5.74) is 11.1. The summed E-state index contributed by atoms with van der Waals surface area (Å²) in [6, 6.07) is 13.0. The zero-order valence-corrected chi connectivity index (χ0v) is 21.5. The standard InChI is InChI=1S/C24H24N2SeSi2/c1-28(2,3)13-11-19-21-15-17-9-7-8-10-18(17)16-22(21)20(12-14-29(4,5)6)24-23(19)25-27-26-24/h7-10,15-16H,1-6H3. The van der Waals surface area contributed by atoms with Crippen LogP contribution in [0.5, 0.6) is 0 Å². The van der Waals surface area contributed by atoms with Crippen LogP contribution in [-0.4, -0.2) is 39.1 Å². The summed E-state index contributed by atoms with van der Waals surface area (Å²) < 4.78 is 9.57. The van der Waals surface area contributed by atoms with E-state index < -0.39 is 16.1 Å². The number of rotatable bonds is 0. The van der Waals surface area contributed by atoms with Gasteiger partial charge in [0.1, 0.15) is 0 Å². The molecule has 2 nitrogen and oxygen atoms in total. The number of hydrogen-bond donors (Lipinski definition) is 0. The molecule has 4 aromatic rings. The van der Waals surface area contributed by atoms with Crippen molar-refractivity contribution >= 4 is 63.7 Å². The molecule has 29 heavy (non-hydrogen) atoms. The van der Waals surface area contributed by atoms with Crippen LogP contribution in [0.1, 0.15) is 11.1 Å². The van der Waals surface area contributed by atoms with E-state index in [1.807, 2.05) is 0 Å². The van der Waals surface area contributed by atoms with Gasteiger partial charge in [-0.25, -0.2) is 0 Å². The van der Waals surface area contributed by atoms with E-state index in [0.29, 0.717) is 0 Å².